The molecule has 0 aliphatic rings. The number of ether oxygens (including phenoxy) is 2. The van der Waals surface area contributed by atoms with Crippen LogP contribution in [0.25, 0.3) is 11.1 Å². The lowest BCUT2D eigenvalue weighted by Crippen LogP contribution is -2.27. The van der Waals surface area contributed by atoms with Crippen LogP contribution in [0.4, 0.5) is 4.39 Å². The molecule has 0 aliphatic carbocycles. The Morgan fingerprint density at radius 3 is 2.19 bits per heavy atom. The van der Waals surface area contributed by atoms with Crippen molar-refractivity contribution in [2.45, 2.75) is 34.3 Å². The van der Waals surface area contributed by atoms with Gasteiger partial charge >= 0.3 is 0 Å². The normalized spacial score (nSPS) is 11.0. The van der Waals surface area contributed by atoms with Crippen molar-refractivity contribution in [2.75, 3.05) is 26.2 Å². The zero-order chi connectivity index (χ0) is 22.2. The van der Waals surface area contributed by atoms with Gasteiger partial charge in [0.2, 0.25) is 0 Å². The van der Waals surface area contributed by atoms with Gasteiger partial charge in [0.05, 0.1) is 0 Å². The highest BCUT2D eigenvalue weighted by atomic mass is 19.1. The van der Waals surface area contributed by atoms with E-state index in [1.54, 1.807) is 12.1 Å². The van der Waals surface area contributed by atoms with Crippen molar-refractivity contribution in [1.82, 2.24) is 4.90 Å². The van der Waals surface area contributed by atoms with Crippen molar-refractivity contribution in [3.8, 4) is 22.6 Å². The van der Waals surface area contributed by atoms with Crippen LogP contribution in [0.3, 0.4) is 0 Å². The highest BCUT2D eigenvalue weighted by Crippen LogP contribution is 2.31. The number of rotatable bonds is 10. The molecule has 0 fully saturated rings. The zero-order valence-electron chi connectivity index (χ0n) is 19.0. The Hall–Kier alpha value is -2.85. The topological polar surface area (TPSA) is 21.7 Å². The largest absolute Gasteiger partial charge is 0.492 e. The Balaban J connectivity index is 1.71. The number of nitrogens with zero attached hydrogens (tertiary/aromatic N) is 1. The maximum Gasteiger partial charge on any atom is 0.126 e. The SMILES string of the molecule is CCN(CC)CCOc1cc(C)c(-c2cccc(COc3cccc(F)c3)c2)c(C)c1. The van der Waals surface area contributed by atoms with Crippen LogP contribution in [0.2, 0.25) is 0 Å². The molecular weight excluding hydrogens is 389 g/mol. The van der Waals surface area contributed by atoms with E-state index < -0.39 is 0 Å². The Bertz CT molecular complexity index is 975. The first-order chi connectivity index (χ1) is 15.0. The lowest BCUT2D eigenvalue weighted by Gasteiger charge is -2.19. The molecule has 0 unspecified atom stereocenters. The van der Waals surface area contributed by atoms with Crippen molar-refractivity contribution in [3.05, 3.63) is 83.2 Å². The van der Waals surface area contributed by atoms with E-state index in [1.165, 1.54) is 28.8 Å². The molecular formula is C27H32FNO2. The van der Waals surface area contributed by atoms with Crippen LogP contribution < -0.4 is 9.47 Å². The number of hydrogen-bond donors (Lipinski definition) is 0. The van der Waals surface area contributed by atoms with E-state index in [4.69, 9.17) is 9.47 Å². The van der Waals surface area contributed by atoms with Gasteiger partial charge in [-0.3, -0.25) is 0 Å². The smallest absolute Gasteiger partial charge is 0.126 e. The summed E-state index contributed by atoms with van der Waals surface area (Å²) in [5, 5.41) is 0. The molecule has 3 aromatic carbocycles. The van der Waals surface area contributed by atoms with E-state index in [9.17, 15) is 4.39 Å². The lowest BCUT2D eigenvalue weighted by molar-refractivity contribution is 0.222. The summed E-state index contributed by atoms with van der Waals surface area (Å²) in [5.41, 5.74) is 5.76. The molecule has 0 aliphatic heterocycles. The van der Waals surface area contributed by atoms with E-state index in [0.29, 0.717) is 19.0 Å². The second kappa shape index (κ2) is 11.0. The maximum atomic E-state index is 13.4. The van der Waals surface area contributed by atoms with Gasteiger partial charge in [0, 0.05) is 12.6 Å². The van der Waals surface area contributed by atoms with Crippen LogP contribution in [0.15, 0.2) is 60.7 Å². The van der Waals surface area contributed by atoms with Crippen molar-refractivity contribution >= 4 is 0 Å². The summed E-state index contributed by atoms with van der Waals surface area (Å²) < 4.78 is 25.1. The molecule has 3 rings (SSSR count). The number of hydrogen-bond acceptors (Lipinski definition) is 3. The fourth-order valence-electron chi connectivity index (χ4n) is 3.83. The van der Waals surface area contributed by atoms with Gasteiger partial charge in [0.1, 0.15) is 30.5 Å². The summed E-state index contributed by atoms with van der Waals surface area (Å²) in [4.78, 5) is 2.35. The maximum absolute atomic E-state index is 13.4. The van der Waals surface area contributed by atoms with E-state index in [0.717, 1.165) is 36.5 Å². The van der Waals surface area contributed by atoms with Crippen LogP contribution >= 0.6 is 0 Å². The van der Waals surface area contributed by atoms with Crippen LogP contribution in [-0.4, -0.2) is 31.1 Å². The second-order valence-electron chi connectivity index (χ2n) is 7.75. The summed E-state index contributed by atoms with van der Waals surface area (Å²) in [6.45, 7) is 12.7. The molecule has 0 amide bonds. The summed E-state index contributed by atoms with van der Waals surface area (Å²) in [6, 6.07) is 18.8. The van der Waals surface area contributed by atoms with E-state index in [2.05, 4.69) is 56.9 Å². The van der Waals surface area contributed by atoms with Crippen LogP contribution in [-0.2, 0) is 6.61 Å². The monoisotopic (exact) mass is 421 g/mol. The Morgan fingerprint density at radius 1 is 0.806 bits per heavy atom. The molecule has 0 bridgehead atoms. The van der Waals surface area contributed by atoms with Crippen LogP contribution in [0.5, 0.6) is 11.5 Å². The van der Waals surface area contributed by atoms with Crippen molar-refractivity contribution < 1.29 is 13.9 Å². The van der Waals surface area contributed by atoms with E-state index >= 15 is 0 Å². The minimum atomic E-state index is -0.295. The minimum absolute atomic E-state index is 0.295. The van der Waals surface area contributed by atoms with Crippen molar-refractivity contribution in [3.63, 3.8) is 0 Å². The van der Waals surface area contributed by atoms with E-state index in [-0.39, 0.29) is 5.82 Å². The van der Waals surface area contributed by atoms with Crippen LogP contribution in [0, 0.1) is 19.7 Å². The number of aryl methyl sites for hydroxylation is 2. The quantitative estimate of drug-likeness (QED) is 0.378. The Kier molecular flexibility index (Phi) is 8.07. The summed E-state index contributed by atoms with van der Waals surface area (Å²) >= 11 is 0. The van der Waals surface area contributed by atoms with Gasteiger partial charge in [-0.1, -0.05) is 38.1 Å². The van der Waals surface area contributed by atoms with Gasteiger partial charge in [0.25, 0.3) is 0 Å². The van der Waals surface area contributed by atoms with Gasteiger partial charge in [-0.2, -0.15) is 0 Å². The molecule has 3 nitrogen and oxygen atoms in total. The summed E-state index contributed by atoms with van der Waals surface area (Å²) in [7, 11) is 0. The minimum Gasteiger partial charge on any atom is -0.492 e. The molecule has 0 saturated heterocycles. The van der Waals surface area contributed by atoms with Crippen LogP contribution in [0.1, 0.15) is 30.5 Å². The molecule has 164 valence electrons. The number of halogens is 1. The first kappa shape index (κ1) is 22.8. The molecule has 0 N–H and O–H groups in total. The van der Waals surface area contributed by atoms with Gasteiger partial charge in [-0.05, 0) is 85.1 Å². The first-order valence-corrected chi connectivity index (χ1v) is 10.9. The Labute approximate surface area is 185 Å². The number of benzene rings is 3. The fourth-order valence-corrected chi connectivity index (χ4v) is 3.83. The summed E-state index contributed by atoms with van der Waals surface area (Å²) in [5.74, 6) is 1.15. The predicted molar refractivity (Wildman–Crippen MR) is 125 cm³/mol. The molecule has 0 aromatic heterocycles. The molecule has 0 spiro atoms. The first-order valence-electron chi connectivity index (χ1n) is 10.9. The molecule has 3 aromatic rings. The van der Waals surface area contributed by atoms with E-state index in [1.807, 2.05) is 12.1 Å². The molecule has 0 saturated carbocycles. The van der Waals surface area contributed by atoms with Gasteiger partial charge in [-0.25, -0.2) is 4.39 Å². The third-order valence-electron chi connectivity index (χ3n) is 5.49. The molecule has 4 heteroatoms. The molecule has 0 heterocycles. The van der Waals surface area contributed by atoms with Gasteiger partial charge in [-0.15, -0.1) is 0 Å². The average molecular weight is 422 g/mol. The third kappa shape index (κ3) is 6.31. The van der Waals surface area contributed by atoms with Gasteiger partial charge in [0.15, 0.2) is 0 Å². The average Bonchev–Trinajstić information content (AvgIpc) is 2.75. The van der Waals surface area contributed by atoms with Crippen molar-refractivity contribution in [2.24, 2.45) is 0 Å². The highest BCUT2D eigenvalue weighted by Gasteiger charge is 2.10. The lowest BCUT2D eigenvalue weighted by atomic mass is 9.94. The number of likely N-dealkylation sites (N-methyl/N-ethyl adjacent to an activating group) is 1. The predicted octanol–water partition coefficient (Wildman–Crippen LogP) is 6.41. The molecule has 0 atom stereocenters. The van der Waals surface area contributed by atoms with Gasteiger partial charge < -0.3 is 14.4 Å². The Morgan fingerprint density at radius 2 is 1.52 bits per heavy atom. The third-order valence-corrected chi connectivity index (χ3v) is 5.49. The zero-order valence-corrected chi connectivity index (χ0v) is 19.0. The standard InChI is InChI=1S/C27H32FNO2/c1-5-29(6-2)13-14-30-26-15-20(3)27(21(4)16-26)23-10-7-9-22(17-23)19-31-25-12-8-11-24(28)18-25/h7-12,15-18H,5-6,13-14,19H2,1-4H3. The van der Waals surface area contributed by atoms with Crippen molar-refractivity contribution in [1.29, 1.82) is 0 Å². The summed E-state index contributed by atoms with van der Waals surface area (Å²) in [6.07, 6.45) is 0. The highest BCUT2D eigenvalue weighted by molar-refractivity contribution is 5.72. The fraction of sp³-hybridized carbons (Fsp3) is 0.333. The second-order valence-corrected chi connectivity index (χ2v) is 7.75. The molecule has 0 radical (unpaired) electrons. The molecule has 31 heavy (non-hydrogen) atoms.